The highest BCUT2D eigenvalue weighted by Gasteiger charge is 2.28. The van der Waals surface area contributed by atoms with Crippen molar-refractivity contribution >= 4 is 47.6 Å². The number of hydrogen-bond donors (Lipinski definition) is 0. The fourth-order valence-corrected chi connectivity index (χ4v) is 6.42. The molecule has 0 aromatic carbocycles. The third-order valence-corrected chi connectivity index (χ3v) is 10.8. The zero-order valence-corrected chi connectivity index (χ0v) is 16.6. The van der Waals surface area contributed by atoms with Crippen molar-refractivity contribution in [2.45, 2.75) is 57.8 Å². The van der Waals surface area contributed by atoms with Crippen LogP contribution in [0.15, 0.2) is 0 Å². The van der Waals surface area contributed by atoms with Crippen LogP contribution in [0.2, 0.25) is 24.2 Å². The summed E-state index contributed by atoms with van der Waals surface area (Å²) >= 11 is 17.4. The van der Waals surface area contributed by atoms with Crippen molar-refractivity contribution in [1.29, 1.82) is 0 Å². The predicted molar refractivity (Wildman–Crippen MR) is 91.3 cm³/mol. The first-order valence-electron chi connectivity index (χ1n) is 7.17. The molecule has 0 fully saturated rings. The standard InChI is InChI=1S/C12H27Cl3O2Si2/c1-4-18(5-2,6-3)17-11-7-9-16-10-8-12-19(13,14)15/h4-12H2,1-3H3. The van der Waals surface area contributed by atoms with E-state index in [1.165, 1.54) is 18.1 Å². The molecule has 0 amide bonds. The molecule has 2 nitrogen and oxygen atoms in total. The highest BCUT2D eigenvalue weighted by molar-refractivity contribution is 7.64. The molecule has 0 aliphatic heterocycles. The van der Waals surface area contributed by atoms with E-state index in [2.05, 4.69) is 20.8 Å². The van der Waals surface area contributed by atoms with Crippen LogP contribution in [-0.2, 0) is 9.16 Å². The molecule has 0 bridgehead atoms. The molecular weight excluding hydrogens is 339 g/mol. The third-order valence-electron chi connectivity index (χ3n) is 3.52. The summed E-state index contributed by atoms with van der Waals surface area (Å²) < 4.78 is 11.7. The van der Waals surface area contributed by atoms with Gasteiger partial charge in [0, 0.05) is 19.8 Å². The monoisotopic (exact) mass is 364 g/mol. The van der Waals surface area contributed by atoms with Crippen molar-refractivity contribution in [2.75, 3.05) is 19.8 Å². The van der Waals surface area contributed by atoms with Gasteiger partial charge in [-0.2, -0.15) is 0 Å². The van der Waals surface area contributed by atoms with Gasteiger partial charge in [-0.05, 0) is 37.0 Å². The van der Waals surface area contributed by atoms with Crippen LogP contribution < -0.4 is 0 Å². The molecule has 116 valence electrons. The summed E-state index contributed by atoms with van der Waals surface area (Å²) in [4.78, 5) is 0. The molecular formula is C12H27Cl3O2Si2. The highest BCUT2D eigenvalue weighted by Crippen LogP contribution is 2.26. The van der Waals surface area contributed by atoms with Gasteiger partial charge >= 0.3 is 6.00 Å². The smallest absolute Gasteiger partial charge is 0.341 e. The maximum absolute atomic E-state index is 6.14. The summed E-state index contributed by atoms with van der Waals surface area (Å²) in [5.41, 5.74) is 0. The second-order valence-electron chi connectivity index (χ2n) is 4.78. The maximum Gasteiger partial charge on any atom is 0.341 e. The van der Waals surface area contributed by atoms with E-state index in [1.807, 2.05) is 0 Å². The van der Waals surface area contributed by atoms with Crippen LogP contribution in [0.3, 0.4) is 0 Å². The van der Waals surface area contributed by atoms with Crippen molar-refractivity contribution in [3.05, 3.63) is 0 Å². The van der Waals surface area contributed by atoms with Gasteiger partial charge in [-0.3, -0.25) is 0 Å². The van der Waals surface area contributed by atoms with Crippen molar-refractivity contribution in [2.24, 2.45) is 0 Å². The minimum Gasteiger partial charge on any atom is -0.417 e. The van der Waals surface area contributed by atoms with Crippen LogP contribution in [0, 0.1) is 0 Å². The van der Waals surface area contributed by atoms with Gasteiger partial charge in [-0.15, -0.1) is 33.2 Å². The topological polar surface area (TPSA) is 18.5 Å². The lowest BCUT2D eigenvalue weighted by atomic mass is 10.5. The highest BCUT2D eigenvalue weighted by atomic mass is 35.8. The van der Waals surface area contributed by atoms with Crippen molar-refractivity contribution < 1.29 is 9.16 Å². The molecule has 7 heteroatoms. The molecule has 0 aromatic heterocycles. The normalized spacial score (nSPS) is 12.9. The van der Waals surface area contributed by atoms with E-state index in [0.717, 1.165) is 26.1 Å². The molecule has 0 saturated heterocycles. The Morgan fingerprint density at radius 1 is 0.789 bits per heavy atom. The zero-order valence-electron chi connectivity index (χ0n) is 12.3. The second kappa shape index (κ2) is 10.9. The SMILES string of the molecule is CC[Si](CC)(CC)OCCCOCCC[Si](Cl)(Cl)Cl. The van der Waals surface area contributed by atoms with E-state index in [0.29, 0.717) is 12.7 Å². The van der Waals surface area contributed by atoms with Gasteiger partial charge in [0.2, 0.25) is 0 Å². The molecule has 0 unspecified atom stereocenters. The fraction of sp³-hybridized carbons (Fsp3) is 1.00. The first-order valence-corrected chi connectivity index (χ1v) is 14.9. The summed E-state index contributed by atoms with van der Waals surface area (Å²) in [6.07, 6.45) is 1.79. The Labute approximate surface area is 134 Å². The average molecular weight is 366 g/mol. The summed E-state index contributed by atoms with van der Waals surface area (Å²) in [6.45, 7) is 8.98. The Hall–Kier alpha value is 1.22. The number of hydrogen-bond acceptors (Lipinski definition) is 2. The van der Waals surface area contributed by atoms with Crippen molar-refractivity contribution in [3.8, 4) is 0 Å². The van der Waals surface area contributed by atoms with Crippen LogP contribution in [0.1, 0.15) is 33.6 Å². The van der Waals surface area contributed by atoms with E-state index in [4.69, 9.17) is 42.4 Å². The molecule has 0 radical (unpaired) electrons. The molecule has 19 heavy (non-hydrogen) atoms. The van der Waals surface area contributed by atoms with Gasteiger partial charge < -0.3 is 9.16 Å². The molecule has 0 spiro atoms. The quantitative estimate of drug-likeness (QED) is 0.260. The lowest BCUT2D eigenvalue weighted by molar-refractivity contribution is 0.118. The van der Waals surface area contributed by atoms with Gasteiger partial charge in [0.1, 0.15) is 0 Å². The Morgan fingerprint density at radius 3 is 1.79 bits per heavy atom. The first-order chi connectivity index (χ1) is 8.89. The summed E-state index contributed by atoms with van der Waals surface area (Å²) in [7, 11) is -1.42. The Balaban J connectivity index is 3.50. The maximum atomic E-state index is 6.14. The average Bonchev–Trinajstić information content (AvgIpc) is 2.37. The first kappa shape index (κ1) is 20.2. The molecule has 0 saturated carbocycles. The predicted octanol–water partition coefficient (Wildman–Crippen LogP) is 5.46. The van der Waals surface area contributed by atoms with Gasteiger partial charge in [0.15, 0.2) is 8.32 Å². The Bertz CT molecular complexity index is 213. The van der Waals surface area contributed by atoms with Crippen LogP contribution in [0.5, 0.6) is 0 Å². The van der Waals surface area contributed by atoms with Gasteiger partial charge in [0.05, 0.1) is 0 Å². The van der Waals surface area contributed by atoms with E-state index >= 15 is 0 Å². The fourth-order valence-electron chi connectivity index (χ4n) is 1.98. The lowest BCUT2D eigenvalue weighted by Crippen LogP contribution is -2.36. The number of ether oxygens (including phenoxy) is 1. The molecule has 0 heterocycles. The molecule has 0 aromatic rings. The minimum absolute atomic E-state index is 0.672. The zero-order chi connectivity index (χ0) is 14.8. The molecule has 0 aliphatic carbocycles. The number of rotatable bonds is 12. The minimum atomic E-state index is -2.45. The Kier molecular flexibility index (Phi) is 11.6. The largest absolute Gasteiger partial charge is 0.417 e. The van der Waals surface area contributed by atoms with Crippen molar-refractivity contribution in [3.63, 3.8) is 0 Å². The summed E-state index contributed by atoms with van der Waals surface area (Å²) in [5.74, 6) is 0. The van der Waals surface area contributed by atoms with E-state index < -0.39 is 14.3 Å². The van der Waals surface area contributed by atoms with Crippen molar-refractivity contribution in [1.82, 2.24) is 0 Å². The molecule has 0 aliphatic rings. The van der Waals surface area contributed by atoms with Gasteiger partial charge in [0.25, 0.3) is 0 Å². The molecule has 0 atom stereocenters. The van der Waals surface area contributed by atoms with E-state index in [9.17, 15) is 0 Å². The van der Waals surface area contributed by atoms with E-state index in [1.54, 1.807) is 0 Å². The second-order valence-corrected chi connectivity index (χ2v) is 18.8. The van der Waals surface area contributed by atoms with Crippen LogP contribution >= 0.6 is 33.2 Å². The molecule has 0 N–H and O–H groups in total. The molecule has 0 rings (SSSR count). The van der Waals surface area contributed by atoms with E-state index in [-0.39, 0.29) is 0 Å². The summed E-state index contributed by atoms with van der Waals surface area (Å²) in [5, 5.41) is 0. The third kappa shape index (κ3) is 10.6. The van der Waals surface area contributed by atoms with Crippen LogP contribution in [0.4, 0.5) is 0 Å². The summed E-state index contributed by atoms with van der Waals surface area (Å²) in [6, 6.07) is 1.83. The van der Waals surface area contributed by atoms with Crippen LogP contribution in [-0.4, -0.2) is 34.1 Å². The Morgan fingerprint density at radius 2 is 1.32 bits per heavy atom. The van der Waals surface area contributed by atoms with Crippen LogP contribution in [0.25, 0.3) is 0 Å². The van der Waals surface area contributed by atoms with Gasteiger partial charge in [-0.1, -0.05) is 20.8 Å². The lowest BCUT2D eigenvalue weighted by Gasteiger charge is -2.27. The van der Waals surface area contributed by atoms with Gasteiger partial charge in [-0.25, -0.2) is 0 Å². The number of halogens is 3.